The largest absolute Gasteiger partial charge is 0.383 e. The van der Waals surface area contributed by atoms with E-state index in [1.165, 1.54) is 24.8 Å². The Morgan fingerprint density at radius 3 is 2.73 bits per heavy atom. The van der Waals surface area contributed by atoms with Crippen molar-refractivity contribution in [2.24, 2.45) is 0 Å². The van der Waals surface area contributed by atoms with Gasteiger partial charge in [0.25, 0.3) is 5.56 Å². The molecule has 1 aliphatic carbocycles. The monoisotopic (exact) mass is 452 g/mol. The molecule has 1 N–H and O–H groups in total. The molecule has 2 aromatic heterocycles. The van der Waals surface area contributed by atoms with Crippen LogP contribution in [0.15, 0.2) is 23.0 Å². The number of tetrazole rings is 1. The molecule has 0 spiro atoms. The number of aromatic amines is 1. The Bertz CT molecular complexity index is 1130. The van der Waals surface area contributed by atoms with E-state index in [9.17, 15) is 4.79 Å². The second-order valence-corrected chi connectivity index (χ2v) is 9.31. The first-order valence-corrected chi connectivity index (χ1v) is 12.2. The predicted octanol–water partition coefficient (Wildman–Crippen LogP) is 4.06. The molecule has 1 aliphatic rings. The second kappa shape index (κ2) is 10.6. The maximum Gasteiger partial charge on any atom is 0.252 e. The summed E-state index contributed by atoms with van der Waals surface area (Å²) in [6, 6.07) is 6.74. The third-order valence-electron chi connectivity index (χ3n) is 6.94. The van der Waals surface area contributed by atoms with Crippen LogP contribution in [0.2, 0.25) is 0 Å². The third kappa shape index (κ3) is 5.17. The van der Waals surface area contributed by atoms with E-state index in [1.54, 1.807) is 7.11 Å². The van der Waals surface area contributed by atoms with Gasteiger partial charge in [-0.15, -0.1) is 5.10 Å². The fourth-order valence-corrected chi connectivity index (χ4v) is 5.29. The van der Waals surface area contributed by atoms with Gasteiger partial charge in [0.1, 0.15) is 0 Å². The van der Waals surface area contributed by atoms with Crippen molar-refractivity contribution in [1.82, 2.24) is 30.1 Å². The fraction of sp³-hybridized carbons (Fsp3) is 0.600. The minimum Gasteiger partial charge on any atom is -0.383 e. The van der Waals surface area contributed by atoms with Gasteiger partial charge >= 0.3 is 0 Å². The molecule has 1 fully saturated rings. The number of methoxy groups -OCH3 is 1. The normalized spacial score (nSPS) is 16.0. The maximum absolute atomic E-state index is 13.1. The molecule has 178 valence electrons. The number of benzene rings is 1. The zero-order valence-corrected chi connectivity index (χ0v) is 20.3. The number of hydrogen-bond donors (Lipinski definition) is 1. The lowest BCUT2D eigenvalue weighted by Crippen LogP contribution is -2.41. The highest BCUT2D eigenvalue weighted by atomic mass is 16.5. The molecule has 3 aromatic rings. The lowest BCUT2D eigenvalue weighted by atomic mass is 9.92. The smallest absolute Gasteiger partial charge is 0.252 e. The lowest BCUT2D eigenvalue weighted by Gasteiger charge is -2.39. The maximum atomic E-state index is 13.1. The molecule has 1 aromatic carbocycles. The van der Waals surface area contributed by atoms with Crippen LogP contribution in [-0.4, -0.2) is 49.8 Å². The molecule has 0 aliphatic heterocycles. The molecular formula is C25H36N6O2. The average molecular weight is 453 g/mol. The molecule has 0 saturated heterocycles. The number of hydrogen-bond acceptors (Lipinski definition) is 6. The summed E-state index contributed by atoms with van der Waals surface area (Å²) in [5, 5.41) is 13.7. The summed E-state index contributed by atoms with van der Waals surface area (Å²) in [4.78, 5) is 18.8. The van der Waals surface area contributed by atoms with Crippen molar-refractivity contribution in [1.29, 1.82) is 0 Å². The standard InChI is InChI=1S/C25H36N6O2/c1-5-23(24-27-28-29-31(24)11-12-33-4)30(20-9-7-6-8-10-20)16-19-15-21-18(3)13-17(2)14-22(21)26-25(19)32/h13-15,20,23H,5-12,16H2,1-4H3,(H,26,32). The van der Waals surface area contributed by atoms with Gasteiger partial charge in [-0.3, -0.25) is 9.69 Å². The van der Waals surface area contributed by atoms with E-state index in [4.69, 9.17) is 4.74 Å². The lowest BCUT2D eigenvalue weighted by molar-refractivity contribution is 0.0826. The Morgan fingerprint density at radius 1 is 1.21 bits per heavy atom. The summed E-state index contributed by atoms with van der Waals surface area (Å²) in [6.07, 6.45) is 6.87. The number of H-pyrrole nitrogens is 1. The van der Waals surface area contributed by atoms with Gasteiger partial charge in [-0.1, -0.05) is 32.3 Å². The minimum absolute atomic E-state index is 0.0119. The van der Waals surface area contributed by atoms with Gasteiger partial charge in [-0.2, -0.15) is 0 Å². The second-order valence-electron chi connectivity index (χ2n) is 9.31. The minimum atomic E-state index is -0.0119. The summed E-state index contributed by atoms with van der Waals surface area (Å²) in [7, 11) is 1.69. The van der Waals surface area contributed by atoms with Crippen LogP contribution < -0.4 is 5.56 Å². The highest BCUT2D eigenvalue weighted by Crippen LogP contribution is 2.33. The molecule has 33 heavy (non-hydrogen) atoms. The van der Waals surface area contributed by atoms with E-state index in [1.807, 2.05) is 10.7 Å². The molecule has 0 bridgehead atoms. The quantitative estimate of drug-likeness (QED) is 0.527. The first kappa shape index (κ1) is 23.6. The van der Waals surface area contributed by atoms with Gasteiger partial charge in [0.15, 0.2) is 5.82 Å². The SMILES string of the molecule is CCC(c1nnnn1CCOC)N(Cc1cc2c(C)cc(C)cc2[nH]c1=O)C1CCCCC1. The Morgan fingerprint density at radius 2 is 2.00 bits per heavy atom. The highest BCUT2D eigenvalue weighted by Gasteiger charge is 2.32. The van der Waals surface area contributed by atoms with Gasteiger partial charge in [-0.05, 0) is 66.8 Å². The van der Waals surface area contributed by atoms with E-state index in [0.29, 0.717) is 25.7 Å². The van der Waals surface area contributed by atoms with Gasteiger partial charge < -0.3 is 9.72 Å². The van der Waals surface area contributed by atoms with Crippen molar-refractivity contribution < 1.29 is 4.74 Å². The molecule has 8 heteroatoms. The van der Waals surface area contributed by atoms with Crippen molar-refractivity contribution in [3.05, 3.63) is 51.1 Å². The molecular weight excluding hydrogens is 416 g/mol. The van der Waals surface area contributed by atoms with E-state index in [0.717, 1.165) is 47.1 Å². The highest BCUT2D eigenvalue weighted by molar-refractivity contribution is 5.83. The van der Waals surface area contributed by atoms with Crippen molar-refractivity contribution in [3.8, 4) is 0 Å². The average Bonchev–Trinajstić information content (AvgIpc) is 3.27. The summed E-state index contributed by atoms with van der Waals surface area (Å²) in [5.74, 6) is 0.851. The fourth-order valence-electron chi connectivity index (χ4n) is 5.29. The molecule has 0 radical (unpaired) electrons. The number of ether oxygens (including phenoxy) is 1. The van der Waals surface area contributed by atoms with Gasteiger partial charge in [0.05, 0.1) is 19.2 Å². The number of fused-ring (bicyclic) bond motifs is 1. The van der Waals surface area contributed by atoms with Gasteiger partial charge in [0.2, 0.25) is 0 Å². The molecule has 1 atom stereocenters. The van der Waals surface area contributed by atoms with E-state index >= 15 is 0 Å². The number of aromatic nitrogens is 5. The zero-order chi connectivity index (χ0) is 23.4. The van der Waals surface area contributed by atoms with Gasteiger partial charge in [0, 0.05) is 36.2 Å². The third-order valence-corrected chi connectivity index (χ3v) is 6.94. The van der Waals surface area contributed by atoms with Gasteiger partial charge in [-0.25, -0.2) is 4.68 Å². The summed E-state index contributed by atoms with van der Waals surface area (Å²) >= 11 is 0. The van der Waals surface area contributed by atoms with Crippen LogP contribution in [0.4, 0.5) is 0 Å². The van der Waals surface area contributed by atoms with Crippen molar-refractivity contribution in [2.45, 2.75) is 84.5 Å². The first-order chi connectivity index (χ1) is 16.0. The number of nitrogens with zero attached hydrogens (tertiary/aromatic N) is 5. The van der Waals surface area contributed by atoms with Crippen molar-refractivity contribution >= 4 is 10.9 Å². The van der Waals surface area contributed by atoms with Crippen LogP contribution in [0, 0.1) is 13.8 Å². The molecule has 4 rings (SSSR count). The molecule has 1 saturated carbocycles. The van der Waals surface area contributed by atoms with E-state index < -0.39 is 0 Å². The summed E-state index contributed by atoms with van der Waals surface area (Å²) < 4.78 is 7.11. The van der Waals surface area contributed by atoms with Crippen LogP contribution in [0.5, 0.6) is 0 Å². The van der Waals surface area contributed by atoms with Crippen LogP contribution in [-0.2, 0) is 17.8 Å². The van der Waals surface area contributed by atoms with Crippen molar-refractivity contribution in [3.63, 3.8) is 0 Å². The zero-order valence-electron chi connectivity index (χ0n) is 20.3. The Hall–Kier alpha value is -2.58. The van der Waals surface area contributed by atoms with Crippen LogP contribution in [0.1, 0.15) is 74.0 Å². The Kier molecular flexibility index (Phi) is 7.55. The number of pyridine rings is 1. The van der Waals surface area contributed by atoms with Crippen LogP contribution >= 0.6 is 0 Å². The summed E-state index contributed by atoms with van der Waals surface area (Å²) in [5.41, 5.74) is 4.03. The number of nitrogens with one attached hydrogen (secondary N) is 1. The van der Waals surface area contributed by atoms with E-state index in [-0.39, 0.29) is 11.6 Å². The van der Waals surface area contributed by atoms with Crippen molar-refractivity contribution in [2.75, 3.05) is 13.7 Å². The summed E-state index contributed by atoms with van der Waals surface area (Å²) in [6.45, 7) is 8.09. The topological polar surface area (TPSA) is 88.9 Å². The Labute approximate surface area is 195 Å². The van der Waals surface area contributed by atoms with Crippen LogP contribution in [0.25, 0.3) is 10.9 Å². The van der Waals surface area contributed by atoms with Crippen LogP contribution in [0.3, 0.4) is 0 Å². The Balaban J connectivity index is 1.73. The molecule has 2 heterocycles. The van der Waals surface area contributed by atoms with E-state index in [2.05, 4.69) is 58.3 Å². The first-order valence-electron chi connectivity index (χ1n) is 12.2. The molecule has 1 unspecified atom stereocenters. The number of aryl methyl sites for hydroxylation is 2. The number of rotatable bonds is 9. The molecule has 8 nitrogen and oxygen atoms in total. The predicted molar refractivity (Wildman–Crippen MR) is 129 cm³/mol. The molecule has 0 amide bonds.